The molecule has 1 heterocycles. The predicted molar refractivity (Wildman–Crippen MR) is 69.6 cm³/mol. The maximum absolute atomic E-state index is 5.98. The molecule has 1 aromatic rings. The van der Waals surface area contributed by atoms with Crippen molar-refractivity contribution < 1.29 is 0 Å². The van der Waals surface area contributed by atoms with E-state index in [1.54, 1.807) is 0 Å². The highest BCUT2D eigenvalue weighted by Crippen LogP contribution is 2.24. The van der Waals surface area contributed by atoms with E-state index in [-0.39, 0.29) is 6.04 Å². The Kier molecular flexibility index (Phi) is 4.74. The third-order valence-electron chi connectivity index (χ3n) is 2.67. The van der Waals surface area contributed by atoms with Gasteiger partial charge in [-0.05, 0) is 33.3 Å². The molecule has 3 heteroatoms. The van der Waals surface area contributed by atoms with Gasteiger partial charge in [-0.2, -0.15) is 0 Å². The standard InChI is InChI=1S/C13H23N3/c1-5-9-16(10(2)3)13-12(11(4)14)7-6-8-15-13/h6-8,10-11H,5,9,14H2,1-4H3/t11-/m1/s1. The molecule has 90 valence electrons. The van der Waals surface area contributed by atoms with Crippen LogP contribution >= 0.6 is 0 Å². The lowest BCUT2D eigenvalue weighted by molar-refractivity contribution is 0.651. The Morgan fingerprint density at radius 1 is 1.38 bits per heavy atom. The number of hydrogen-bond acceptors (Lipinski definition) is 3. The first-order valence-electron chi connectivity index (χ1n) is 6.05. The minimum atomic E-state index is 0.0295. The maximum atomic E-state index is 5.98. The lowest BCUT2D eigenvalue weighted by Gasteiger charge is -2.30. The van der Waals surface area contributed by atoms with Gasteiger partial charge in [0.1, 0.15) is 5.82 Å². The second kappa shape index (κ2) is 5.85. The van der Waals surface area contributed by atoms with E-state index in [0.717, 1.165) is 24.3 Å². The zero-order valence-corrected chi connectivity index (χ0v) is 10.8. The van der Waals surface area contributed by atoms with Crippen molar-refractivity contribution in [3.05, 3.63) is 23.9 Å². The summed E-state index contributed by atoms with van der Waals surface area (Å²) in [5, 5.41) is 0. The number of anilines is 1. The van der Waals surface area contributed by atoms with Crippen LogP contribution in [0.1, 0.15) is 45.7 Å². The lowest BCUT2D eigenvalue weighted by Crippen LogP contribution is -2.33. The topological polar surface area (TPSA) is 42.2 Å². The van der Waals surface area contributed by atoms with Crippen LogP contribution in [0, 0.1) is 0 Å². The van der Waals surface area contributed by atoms with Gasteiger partial charge in [0.2, 0.25) is 0 Å². The fraction of sp³-hybridized carbons (Fsp3) is 0.615. The smallest absolute Gasteiger partial charge is 0.133 e. The fourth-order valence-corrected chi connectivity index (χ4v) is 1.85. The second-order valence-electron chi connectivity index (χ2n) is 4.49. The normalized spacial score (nSPS) is 12.9. The highest BCUT2D eigenvalue weighted by molar-refractivity contribution is 5.48. The van der Waals surface area contributed by atoms with Crippen LogP contribution in [-0.2, 0) is 0 Å². The van der Waals surface area contributed by atoms with Crippen LogP contribution in [0.5, 0.6) is 0 Å². The molecule has 0 saturated heterocycles. The average Bonchev–Trinajstić information content (AvgIpc) is 2.25. The number of pyridine rings is 1. The number of nitrogens with zero attached hydrogens (tertiary/aromatic N) is 2. The Bertz CT molecular complexity index is 321. The number of nitrogens with two attached hydrogens (primary N) is 1. The summed E-state index contributed by atoms with van der Waals surface area (Å²) in [5.74, 6) is 1.04. The van der Waals surface area contributed by atoms with E-state index in [4.69, 9.17) is 5.73 Å². The summed E-state index contributed by atoms with van der Waals surface area (Å²) in [5.41, 5.74) is 7.11. The van der Waals surface area contributed by atoms with E-state index in [1.165, 1.54) is 0 Å². The van der Waals surface area contributed by atoms with Crippen LogP contribution in [-0.4, -0.2) is 17.6 Å². The Hall–Kier alpha value is -1.09. The molecule has 0 fully saturated rings. The third-order valence-corrected chi connectivity index (χ3v) is 2.67. The van der Waals surface area contributed by atoms with Crippen molar-refractivity contribution in [2.45, 2.75) is 46.2 Å². The van der Waals surface area contributed by atoms with Gasteiger partial charge in [-0.3, -0.25) is 0 Å². The third kappa shape index (κ3) is 2.95. The van der Waals surface area contributed by atoms with E-state index >= 15 is 0 Å². The quantitative estimate of drug-likeness (QED) is 0.831. The van der Waals surface area contributed by atoms with Crippen molar-refractivity contribution >= 4 is 5.82 Å². The number of rotatable bonds is 5. The second-order valence-corrected chi connectivity index (χ2v) is 4.49. The summed E-state index contributed by atoms with van der Waals surface area (Å²) in [6.07, 6.45) is 2.96. The molecule has 0 aromatic carbocycles. The van der Waals surface area contributed by atoms with Crippen LogP contribution in [0.3, 0.4) is 0 Å². The molecule has 0 saturated carbocycles. The molecule has 0 unspecified atom stereocenters. The molecule has 1 atom stereocenters. The summed E-state index contributed by atoms with van der Waals surface area (Å²) in [4.78, 5) is 6.80. The van der Waals surface area contributed by atoms with Crippen LogP contribution in [0.2, 0.25) is 0 Å². The molecule has 0 amide bonds. The predicted octanol–water partition coefficient (Wildman–Crippen LogP) is 2.73. The Morgan fingerprint density at radius 3 is 2.56 bits per heavy atom. The first-order valence-corrected chi connectivity index (χ1v) is 6.05. The van der Waals surface area contributed by atoms with Crippen LogP contribution in [0.25, 0.3) is 0 Å². The maximum Gasteiger partial charge on any atom is 0.133 e. The van der Waals surface area contributed by atoms with Gasteiger partial charge in [0.05, 0.1) is 0 Å². The molecule has 16 heavy (non-hydrogen) atoms. The monoisotopic (exact) mass is 221 g/mol. The van der Waals surface area contributed by atoms with E-state index in [0.29, 0.717) is 6.04 Å². The molecule has 2 N–H and O–H groups in total. The zero-order chi connectivity index (χ0) is 12.1. The van der Waals surface area contributed by atoms with Crippen molar-refractivity contribution in [3.63, 3.8) is 0 Å². The van der Waals surface area contributed by atoms with Gasteiger partial charge in [-0.1, -0.05) is 13.0 Å². The summed E-state index contributed by atoms with van der Waals surface area (Å²) >= 11 is 0. The highest BCUT2D eigenvalue weighted by Gasteiger charge is 2.16. The van der Waals surface area contributed by atoms with Crippen molar-refractivity contribution in [1.82, 2.24) is 4.98 Å². The molecule has 0 aliphatic rings. The van der Waals surface area contributed by atoms with Crippen molar-refractivity contribution in [3.8, 4) is 0 Å². The molecule has 0 radical (unpaired) electrons. The van der Waals surface area contributed by atoms with Gasteiger partial charge in [-0.15, -0.1) is 0 Å². The van der Waals surface area contributed by atoms with Gasteiger partial charge < -0.3 is 10.6 Å². The Labute approximate surface area is 98.7 Å². The molecule has 0 spiro atoms. The van der Waals surface area contributed by atoms with Gasteiger partial charge in [0.25, 0.3) is 0 Å². The molecule has 3 nitrogen and oxygen atoms in total. The first kappa shape index (κ1) is 13.0. The lowest BCUT2D eigenvalue weighted by atomic mass is 10.1. The van der Waals surface area contributed by atoms with Crippen molar-refractivity contribution in [1.29, 1.82) is 0 Å². The van der Waals surface area contributed by atoms with Gasteiger partial charge >= 0.3 is 0 Å². The van der Waals surface area contributed by atoms with Crippen molar-refractivity contribution in [2.24, 2.45) is 5.73 Å². The first-order chi connectivity index (χ1) is 7.57. The summed E-state index contributed by atoms with van der Waals surface area (Å²) in [6, 6.07) is 4.50. The van der Waals surface area contributed by atoms with E-state index < -0.39 is 0 Å². The number of hydrogen-bond donors (Lipinski definition) is 1. The number of aromatic nitrogens is 1. The van der Waals surface area contributed by atoms with Crippen molar-refractivity contribution in [2.75, 3.05) is 11.4 Å². The molecule has 1 aromatic heterocycles. The Balaban J connectivity index is 3.07. The molecular weight excluding hydrogens is 198 g/mol. The van der Waals surface area contributed by atoms with Crippen LogP contribution < -0.4 is 10.6 Å². The van der Waals surface area contributed by atoms with Crippen LogP contribution in [0.15, 0.2) is 18.3 Å². The molecule has 0 aliphatic carbocycles. The highest BCUT2D eigenvalue weighted by atomic mass is 15.2. The largest absolute Gasteiger partial charge is 0.354 e. The van der Waals surface area contributed by atoms with E-state index in [9.17, 15) is 0 Å². The fourth-order valence-electron chi connectivity index (χ4n) is 1.85. The molecule has 0 aliphatic heterocycles. The summed E-state index contributed by atoms with van der Waals surface area (Å²) < 4.78 is 0. The minimum absolute atomic E-state index is 0.0295. The average molecular weight is 221 g/mol. The van der Waals surface area contributed by atoms with Crippen LogP contribution in [0.4, 0.5) is 5.82 Å². The Morgan fingerprint density at radius 2 is 2.06 bits per heavy atom. The molecule has 0 bridgehead atoms. The van der Waals surface area contributed by atoms with E-state index in [2.05, 4.69) is 36.7 Å². The summed E-state index contributed by atoms with van der Waals surface area (Å²) in [6.45, 7) is 9.59. The molecule has 1 rings (SSSR count). The minimum Gasteiger partial charge on any atom is -0.354 e. The zero-order valence-electron chi connectivity index (χ0n) is 10.8. The molecular formula is C13H23N3. The van der Waals surface area contributed by atoms with E-state index in [1.807, 2.05) is 19.2 Å². The van der Waals surface area contributed by atoms with Gasteiger partial charge in [-0.25, -0.2) is 4.98 Å². The van der Waals surface area contributed by atoms with Gasteiger partial charge in [0.15, 0.2) is 0 Å². The SMILES string of the molecule is CCCN(c1ncccc1[C@@H](C)N)C(C)C. The van der Waals surface area contributed by atoms with Gasteiger partial charge in [0, 0.05) is 30.4 Å². The summed E-state index contributed by atoms with van der Waals surface area (Å²) in [7, 11) is 0.